The third-order valence-corrected chi connectivity index (χ3v) is 5.42. The van der Waals surface area contributed by atoms with Gasteiger partial charge in [0, 0.05) is 12.7 Å². The first kappa shape index (κ1) is 22.6. The Bertz CT molecular complexity index is 914. The summed E-state index contributed by atoms with van der Waals surface area (Å²) in [6.45, 7) is 5.29. The second-order valence-corrected chi connectivity index (χ2v) is 7.09. The molecule has 1 aliphatic rings. The summed E-state index contributed by atoms with van der Waals surface area (Å²) in [5.74, 6) is -1.60. The lowest BCUT2D eigenvalue weighted by Crippen LogP contribution is -2.59. The third kappa shape index (κ3) is 4.03. The summed E-state index contributed by atoms with van der Waals surface area (Å²) in [6.07, 6.45) is 0.614. The van der Waals surface area contributed by atoms with Gasteiger partial charge in [0.25, 0.3) is 0 Å². The second kappa shape index (κ2) is 8.33. The Balaban J connectivity index is 2.57. The van der Waals surface area contributed by atoms with Crippen molar-refractivity contribution in [2.24, 2.45) is 0 Å². The highest BCUT2D eigenvalue weighted by Crippen LogP contribution is 2.41. The summed E-state index contributed by atoms with van der Waals surface area (Å²) >= 11 is 5.45. The van der Waals surface area contributed by atoms with E-state index in [0.717, 1.165) is 29.7 Å². The van der Waals surface area contributed by atoms with Crippen molar-refractivity contribution in [3.63, 3.8) is 0 Å². The number of hydrogen-bond acceptors (Lipinski definition) is 3. The molecule has 0 radical (unpaired) electrons. The zero-order valence-corrected chi connectivity index (χ0v) is 16.7. The minimum atomic E-state index is -5.05. The van der Waals surface area contributed by atoms with E-state index < -0.39 is 34.3 Å². The van der Waals surface area contributed by atoms with Gasteiger partial charge in [-0.25, -0.2) is 4.39 Å². The van der Waals surface area contributed by atoms with Crippen LogP contribution in [0.2, 0.25) is 0 Å². The molecule has 2 rings (SSSR count). The van der Waals surface area contributed by atoms with Gasteiger partial charge in [0.15, 0.2) is 10.9 Å². The number of rotatable bonds is 5. The molecule has 29 heavy (non-hydrogen) atoms. The van der Waals surface area contributed by atoms with Crippen LogP contribution in [0.15, 0.2) is 36.6 Å². The van der Waals surface area contributed by atoms with Crippen molar-refractivity contribution < 1.29 is 22.4 Å². The number of alkyl halides is 3. The maximum absolute atomic E-state index is 14.8. The Morgan fingerprint density at radius 3 is 2.41 bits per heavy atom. The average molecular weight is 425 g/mol. The van der Waals surface area contributed by atoms with Crippen LogP contribution in [0, 0.1) is 17.1 Å². The molecule has 0 N–H and O–H groups in total. The zero-order chi connectivity index (χ0) is 22.0. The van der Waals surface area contributed by atoms with E-state index in [1.165, 1.54) is 24.1 Å². The third-order valence-electron chi connectivity index (χ3n) is 4.96. The lowest BCUT2D eigenvalue weighted by atomic mass is 9.76. The minimum absolute atomic E-state index is 0.0378. The van der Waals surface area contributed by atoms with E-state index in [1.54, 1.807) is 13.0 Å². The highest BCUT2D eigenvalue weighted by atomic mass is 32.1. The van der Waals surface area contributed by atoms with Crippen molar-refractivity contribution in [1.29, 1.82) is 5.26 Å². The molecule has 0 aliphatic heterocycles. The maximum atomic E-state index is 14.8. The number of nitriles is 1. The molecule has 1 aliphatic carbocycles. The molecule has 0 heterocycles. The van der Waals surface area contributed by atoms with Gasteiger partial charge in [-0.05, 0) is 56.6 Å². The Labute approximate surface area is 171 Å². The first-order valence-electron chi connectivity index (χ1n) is 8.67. The van der Waals surface area contributed by atoms with Crippen molar-refractivity contribution in [2.45, 2.75) is 37.9 Å². The number of benzene rings is 1. The molecule has 9 heteroatoms. The summed E-state index contributed by atoms with van der Waals surface area (Å²) in [6, 6.07) is 3.32. The first-order chi connectivity index (χ1) is 13.5. The fourth-order valence-corrected chi connectivity index (χ4v) is 3.74. The molecule has 1 fully saturated rings. The van der Waals surface area contributed by atoms with Crippen molar-refractivity contribution in [2.75, 3.05) is 11.9 Å². The molecule has 0 bridgehead atoms. The van der Waals surface area contributed by atoms with E-state index >= 15 is 0 Å². The topological polar surface area (TPSA) is 47.3 Å². The summed E-state index contributed by atoms with van der Waals surface area (Å²) in [4.78, 5) is 14.4. The van der Waals surface area contributed by atoms with Gasteiger partial charge in [-0.1, -0.05) is 12.7 Å². The fraction of sp³-hybridized carbons (Fsp3) is 0.350. The number of thiocarbonyl (C=S) groups is 1. The molecule has 0 atom stereocenters. The summed E-state index contributed by atoms with van der Waals surface area (Å²) < 4.78 is 54.8. The quantitative estimate of drug-likeness (QED) is 0.289. The Morgan fingerprint density at radius 2 is 2.00 bits per heavy atom. The highest BCUT2D eigenvalue weighted by Gasteiger charge is 2.46. The number of hydrogen-bond donors (Lipinski definition) is 0. The van der Waals surface area contributed by atoms with Crippen LogP contribution in [0.25, 0.3) is 0 Å². The van der Waals surface area contributed by atoms with E-state index in [9.17, 15) is 22.4 Å². The van der Waals surface area contributed by atoms with E-state index in [2.05, 4.69) is 6.58 Å². The molecule has 1 aromatic rings. The average Bonchev–Trinajstić information content (AvgIpc) is 2.62. The number of aldehydes is 1. The predicted octanol–water partition coefficient (Wildman–Crippen LogP) is 4.95. The lowest BCUT2D eigenvalue weighted by molar-refractivity contribution is -0.140. The van der Waals surface area contributed by atoms with E-state index in [0.29, 0.717) is 18.5 Å². The smallest absolute Gasteiger partial charge is 0.319 e. The first-order valence-corrected chi connectivity index (χ1v) is 9.08. The molecular weight excluding hydrogens is 406 g/mol. The van der Waals surface area contributed by atoms with Gasteiger partial charge in [0.05, 0.1) is 17.3 Å². The van der Waals surface area contributed by atoms with Crippen LogP contribution in [0.3, 0.4) is 0 Å². The van der Waals surface area contributed by atoms with Crippen LogP contribution in [0.1, 0.15) is 37.3 Å². The van der Waals surface area contributed by atoms with Crippen LogP contribution >= 0.6 is 12.2 Å². The Morgan fingerprint density at radius 1 is 1.38 bits per heavy atom. The number of nitrogens with zero attached hydrogens (tertiary/aromatic N) is 3. The molecule has 0 saturated heterocycles. The summed E-state index contributed by atoms with van der Waals surface area (Å²) in [5.41, 5.74) is -3.30. The monoisotopic (exact) mass is 425 g/mol. The van der Waals surface area contributed by atoms with Gasteiger partial charge >= 0.3 is 6.18 Å². The number of carbonyl (C=O) groups excluding carboxylic acids is 1. The van der Waals surface area contributed by atoms with Crippen molar-refractivity contribution in [3.8, 4) is 6.07 Å². The standard InChI is InChI=1S/C20H19F4N3OS/c1-4-6-13(2)27(19(12-28)9-5-10-19)18(29)26(3)15-8-7-14(11-25)16(17(15)21)20(22,23)24/h4,6-8,12H,1,5,9-10H2,2-3H3/b13-6+. The Kier molecular flexibility index (Phi) is 6.48. The largest absolute Gasteiger partial charge is 0.420 e. The van der Waals surface area contributed by atoms with Gasteiger partial charge in [-0.3, -0.25) is 0 Å². The van der Waals surface area contributed by atoms with Gasteiger partial charge in [-0.2, -0.15) is 18.4 Å². The van der Waals surface area contributed by atoms with Crippen molar-refractivity contribution in [1.82, 2.24) is 4.90 Å². The van der Waals surface area contributed by atoms with Gasteiger partial charge in [0.1, 0.15) is 17.4 Å². The molecule has 0 aromatic heterocycles. The van der Waals surface area contributed by atoms with Crippen LogP contribution in [-0.2, 0) is 11.0 Å². The van der Waals surface area contributed by atoms with Gasteiger partial charge < -0.3 is 14.6 Å². The molecule has 154 valence electrons. The van der Waals surface area contributed by atoms with Crippen LogP contribution < -0.4 is 4.90 Å². The summed E-state index contributed by atoms with van der Waals surface area (Å²) in [7, 11) is 1.32. The maximum Gasteiger partial charge on any atom is 0.420 e. The van der Waals surface area contributed by atoms with Crippen LogP contribution in [-0.4, -0.2) is 28.9 Å². The second-order valence-electron chi connectivity index (χ2n) is 6.73. The van der Waals surface area contributed by atoms with Crippen LogP contribution in [0.5, 0.6) is 0 Å². The van der Waals surface area contributed by atoms with E-state index in [4.69, 9.17) is 17.5 Å². The Hall–Kier alpha value is -2.73. The van der Waals surface area contributed by atoms with Crippen molar-refractivity contribution in [3.05, 3.63) is 53.5 Å². The minimum Gasteiger partial charge on any atom is -0.319 e. The predicted molar refractivity (Wildman–Crippen MR) is 106 cm³/mol. The molecular formula is C20H19F4N3OS. The molecule has 0 spiro atoms. The molecule has 0 unspecified atom stereocenters. The molecule has 4 nitrogen and oxygen atoms in total. The highest BCUT2D eigenvalue weighted by molar-refractivity contribution is 7.80. The SMILES string of the molecule is C=C/C=C(\C)N(C(=S)N(C)c1ccc(C#N)c(C(F)(F)F)c1F)C1(C=O)CCC1. The molecule has 1 aromatic carbocycles. The van der Waals surface area contributed by atoms with Crippen molar-refractivity contribution >= 4 is 29.3 Å². The van der Waals surface area contributed by atoms with Crippen LogP contribution in [0.4, 0.5) is 23.2 Å². The van der Waals surface area contributed by atoms with Gasteiger partial charge in [-0.15, -0.1) is 0 Å². The normalized spacial score (nSPS) is 15.7. The van der Waals surface area contributed by atoms with E-state index in [-0.39, 0.29) is 5.11 Å². The number of halogens is 4. The van der Waals surface area contributed by atoms with E-state index in [1.807, 2.05) is 0 Å². The lowest BCUT2D eigenvalue weighted by Gasteiger charge is -2.49. The number of anilines is 1. The zero-order valence-electron chi connectivity index (χ0n) is 15.9. The fourth-order valence-electron chi connectivity index (χ4n) is 3.32. The number of carbonyl (C=O) groups is 1. The van der Waals surface area contributed by atoms with Gasteiger partial charge in [0.2, 0.25) is 0 Å². The molecule has 0 amide bonds. The molecule has 1 saturated carbocycles. The summed E-state index contributed by atoms with van der Waals surface area (Å²) in [5, 5.41) is 8.89. The number of allylic oxidation sites excluding steroid dienone is 3.